The number of carbonyl (C=O) groups excluding carboxylic acids is 1. The third-order valence-electron chi connectivity index (χ3n) is 3.87. The second-order valence-electron chi connectivity index (χ2n) is 5.72. The van der Waals surface area contributed by atoms with Crippen molar-refractivity contribution in [3.05, 3.63) is 75.2 Å². The molecular formula is C19H16ClN3O4. The SMILES string of the molecule is COc1ccccc1-n1nc(C(=O)Nc2ccc(C)c(Cl)c2)c(O)cc1=O. The van der Waals surface area contributed by atoms with Gasteiger partial charge in [-0.2, -0.15) is 9.78 Å². The van der Waals surface area contributed by atoms with Crippen molar-refractivity contribution < 1.29 is 14.6 Å². The minimum absolute atomic E-state index is 0.308. The number of methoxy groups -OCH3 is 1. The maximum Gasteiger partial charge on any atom is 0.279 e. The molecule has 0 fully saturated rings. The monoisotopic (exact) mass is 385 g/mol. The average molecular weight is 386 g/mol. The highest BCUT2D eigenvalue weighted by molar-refractivity contribution is 6.31. The van der Waals surface area contributed by atoms with Gasteiger partial charge in [0.15, 0.2) is 11.4 Å². The first-order valence-corrected chi connectivity index (χ1v) is 8.32. The summed E-state index contributed by atoms with van der Waals surface area (Å²) < 4.78 is 6.22. The molecule has 8 heteroatoms. The van der Waals surface area contributed by atoms with E-state index in [0.717, 1.165) is 16.3 Å². The zero-order valence-corrected chi connectivity index (χ0v) is 15.3. The summed E-state index contributed by atoms with van der Waals surface area (Å²) in [5.41, 5.74) is 0.730. The van der Waals surface area contributed by atoms with Crippen molar-refractivity contribution in [2.75, 3.05) is 12.4 Å². The fraction of sp³-hybridized carbons (Fsp3) is 0.105. The Kier molecular flexibility index (Phi) is 5.14. The standard InChI is InChI=1S/C19H16ClN3O4/c1-11-7-8-12(9-13(11)20)21-19(26)18-15(24)10-17(25)23(22-18)14-5-3-4-6-16(14)27-2/h3-10,24H,1-2H3,(H,21,26). The van der Waals surface area contributed by atoms with Crippen molar-refractivity contribution in [3.8, 4) is 17.2 Å². The molecule has 0 radical (unpaired) electrons. The molecular weight excluding hydrogens is 370 g/mol. The van der Waals surface area contributed by atoms with Crippen LogP contribution in [0.15, 0.2) is 53.3 Å². The minimum atomic E-state index is -0.684. The molecule has 0 aliphatic rings. The number of hydrogen-bond donors (Lipinski definition) is 2. The molecule has 0 atom stereocenters. The summed E-state index contributed by atoms with van der Waals surface area (Å²) in [6.07, 6.45) is 0. The lowest BCUT2D eigenvalue weighted by Crippen LogP contribution is -2.25. The van der Waals surface area contributed by atoms with Crippen molar-refractivity contribution in [1.29, 1.82) is 0 Å². The Morgan fingerprint density at radius 2 is 1.96 bits per heavy atom. The van der Waals surface area contributed by atoms with Gasteiger partial charge in [0.05, 0.1) is 7.11 Å². The molecule has 0 aliphatic heterocycles. The van der Waals surface area contributed by atoms with E-state index in [4.69, 9.17) is 16.3 Å². The molecule has 2 aromatic carbocycles. The Bertz CT molecular complexity index is 1080. The molecule has 0 bridgehead atoms. The largest absolute Gasteiger partial charge is 0.505 e. The van der Waals surface area contributed by atoms with E-state index >= 15 is 0 Å². The van der Waals surface area contributed by atoms with Crippen LogP contribution < -0.4 is 15.6 Å². The lowest BCUT2D eigenvalue weighted by molar-refractivity contribution is 0.101. The molecule has 3 aromatic rings. The molecule has 0 unspecified atom stereocenters. The van der Waals surface area contributed by atoms with Crippen molar-refractivity contribution in [1.82, 2.24) is 9.78 Å². The first-order chi connectivity index (χ1) is 12.9. The molecule has 1 heterocycles. The molecule has 0 saturated heterocycles. The van der Waals surface area contributed by atoms with Gasteiger partial charge in [-0.1, -0.05) is 29.8 Å². The number of amides is 1. The number of nitrogens with zero attached hydrogens (tertiary/aromatic N) is 2. The summed E-state index contributed by atoms with van der Waals surface area (Å²) in [5, 5.41) is 17.1. The summed E-state index contributed by atoms with van der Waals surface area (Å²) in [6, 6.07) is 12.7. The fourth-order valence-corrected chi connectivity index (χ4v) is 2.63. The minimum Gasteiger partial charge on any atom is -0.505 e. The van der Waals surface area contributed by atoms with Crippen LogP contribution in [0.1, 0.15) is 16.1 Å². The molecule has 0 spiro atoms. The molecule has 2 N–H and O–H groups in total. The number of anilines is 1. The Morgan fingerprint density at radius 1 is 1.22 bits per heavy atom. The van der Waals surface area contributed by atoms with E-state index in [1.54, 1.807) is 42.5 Å². The maximum atomic E-state index is 12.6. The Labute approximate surface area is 159 Å². The number of carbonyl (C=O) groups is 1. The number of aromatic hydroxyl groups is 1. The van der Waals surface area contributed by atoms with Crippen molar-refractivity contribution >= 4 is 23.2 Å². The van der Waals surface area contributed by atoms with Gasteiger partial charge in [0.1, 0.15) is 11.4 Å². The summed E-state index contributed by atoms with van der Waals surface area (Å²) in [5.74, 6) is -0.813. The third kappa shape index (κ3) is 3.78. The number of nitrogens with one attached hydrogen (secondary N) is 1. The van der Waals surface area contributed by atoms with Gasteiger partial charge in [0.25, 0.3) is 11.5 Å². The van der Waals surface area contributed by atoms with Gasteiger partial charge < -0.3 is 15.2 Å². The quantitative estimate of drug-likeness (QED) is 0.719. The van der Waals surface area contributed by atoms with Crippen LogP contribution >= 0.6 is 11.6 Å². The molecule has 1 amide bonds. The van der Waals surface area contributed by atoms with E-state index in [-0.39, 0.29) is 5.69 Å². The van der Waals surface area contributed by atoms with Crippen molar-refractivity contribution in [3.63, 3.8) is 0 Å². The number of hydrogen-bond acceptors (Lipinski definition) is 5. The lowest BCUT2D eigenvalue weighted by Gasteiger charge is -2.12. The van der Waals surface area contributed by atoms with Crippen molar-refractivity contribution in [2.24, 2.45) is 0 Å². The Balaban J connectivity index is 2.02. The van der Waals surface area contributed by atoms with Crippen LogP contribution in [-0.2, 0) is 0 Å². The zero-order valence-electron chi connectivity index (χ0n) is 14.6. The zero-order chi connectivity index (χ0) is 19.6. The van der Waals surface area contributed by atoms with Crippen LogP contribution in [0.5, 0.6) is 11.5 Å². The maximum absolute atomic E-state index is 12.6. The van der Waals surface area contributed by atoms with Crippen molar-refractivity contribution in [2.45, 2.75) is 6.92 Å². The second kappa shape index (κ2) is 7.51. The van der Waals surface area contributed by atoms with E-state index < -0.39 is 17.2 Å². The van der Waals surface area contributed by atoms with E-state index in [0.29, 0.717) is 22.1 Å². The molecule has 0 saturated carbocycles. The van der Waals surface area contributed by atoms with Crippen LogP contribution in [-0.4, -0.2) is 27.9 Å². The highest BCUT2D eigenvalue weighted by Crippen LogP contribution is 2.23. The van der Waals surface area contributed by atoms with Gasteiger partial charge in [-0.3, -0.25) is 9.59 Å². The van der Waals surface area contributed by atoms with Crippen LogP contribution in [0.2, 0.25) is 5.02 Å². The topological polar surface area (TPSA) is 93.5 Å². The van der Waals surface area contributed by atoms with E-state index in [9.17, 15) is 14.7 Å². The summed E-state index contributed by atoms with van der Waals surface area (Å²) in [7, 11) is 1.46. The van der Waals surface area contributed by atoms with Gasteiger partial charge >= 0.3 is 0 Å². The van der Waals surface area contributed by atoms with E-state index in [1.165, 1.54) is 7.11 Å². The van der Waals surface area contributed by atoms with E-state index in [2.05, 4.69) is 10.4 Å². The summed E-state index contributed by atoms with van der Waals surface area (Å²) in [6.45, 7) is 1.84. The summed E-state index contributed by atoms with van der Waals surface area (Å²) in [4.78, 5) is 24.8. The molecule has 27 heavy (non-hydrogen) atoms. The number of halogens is 1. The number of rotatable bonds is 4. The molecule has 0 aliphatic carbocycles. The highest BCUT2D eigenvalue weighted by Gasteiger charge is 2.18. The Morgan fingerprint density at radius 3 is 2.67 bits per heavy atom. The fourth-order valence-electron chi connectivity index (χ4n) is 2.45. The number of ether oxygens (including phenoxy) is 1. The molecule has 7 nitrogen and oxygen atoms in total. The van der Waals surface area contributed by atoms with Gasteiger partial charge in [0, 0.05) is 16.8 Å². The van der Waals surface area contributed by atoms with Crippen LogP contribution in [0.25, 0.3) is 5.69 Å². The van der Waals surface area contributed by atoms with Gasteiger partial charge in [-0.15, -0.1) is 0 Å². The molecule has 1 aromatic heterocycles. The Hall–Kier alpha value is -3.32. The second-order valence-corrected chi connectivity index (χ2v) is 6.13. The normalized spacial score (nSPS) is 10.5. The van der Waals surface area contributed by atoms with Crippen LogP contribution in [0, 0.1) is 6.92 Å². The number of para-hydroxylation sites is 2. The first-order valence-electron chi connectivity index (χ1n) is 7.95. The molecule has 138 valence electrons. The first kappa shape index (κ1) is 18.5. The smallest absolute Gasteiger partial charge is 0.279 e. The van der Waals surface area contributed by atoms with E-state index in [1.807, 2.05) is 6.92 Å². The third-order valence-corrected chi connectivity index (χ3v) is 4.28. The predicted molar refractivity (Wildman–Crippen MR) is 102 cm³/mol. The van der Waals surface area contributed by atoms with Gasteiger partial charge in [-0.25, -0.2) is 0 Å². The highest BCUT2D eigenvalue weighted by atomic mass is 35.5. The van der Waals surface area contributed by atoms with Gasteiger partial charge in [-0.05, 0) is 36.8 Å². The average Bonchev–Trinajstić information content (AvgIpc) is 2.65. The number of benzene rings is 2. The molecule has 3 rings (SSSR count). The van der Waals surface area contributed by atoms with Crippen LogP contribution in [0.4, 0.5) is 5.69 Å². The number of aromatic nitrogens is 2. The van der Waals surface area contributed by atoms with Gasteiger partial charge in [0.2, 0.25) is 0 Å². The lowest BCUT2D eigenvalue weighted by atomic mass is 10.2. The number of aryl methyl sites for hydroxylation is 1. The summed E-state index contributed by atoms with van der Waals surface area (Å²) >= 11 is 6.06. The van der Waals surface area contributed by atoms with Crippen LogP contribution in [0.3, 0.4) is 0 Å². The predicted octanol–water partition coefficient (Wildman–Crippen LogP) is 3.16.